The summed E-state index contributed by atoms with van der Waals surface area (Å²) in [6.45, 7) is 2.16. The maximum Gasteiger partial charge on any atom is 0.241 e. The predicted octanol–water partition coefficient (Wildman–Crippen LogP) is 1.84. The fourth-order valence-electron chi connectivity index (χ4n) is 2.23. The van der Waals surface area contributed by atoms with Crippen molar-refractivity contribution in [2.75, 3.05) is 19.8 Å². The fraction of sp³-hybridized carbons (Fsp3) is 0.467. The van der Waals surface area contributed by atoms with E-state index in [4.69, 9.17) is 10.00 Å². The molecule has 1 heterocycles. The highest BCUT2D eigenvalue weighted by molar-refractivity contribution is 5.86. The molecule has 1 aromatic rings. The van der Waals surface area contributed by atoms with Crippen LogP contribution in [0.1, 0.15) is 24.3 Å². The van der Waals surface area contributed by atoms with Gasteiger partial charge in [0.25, 0.3) is 0 Å². The average molecular weight is 258 g/mol. The third kappa shape index (κ3) is 3.80. The molecule has 0 aromatic heterocycles. The summed E-state index contributed by atoms with van der Waals surface area (Å²) >= 11 is 0. The van der Waals surface area contributed by atoms with E-state index in [0.717, 1.165) is 31.6 Å². The highest BCUT2D eigenvalue weighted by atomic mass is 16.5. The number of nitrogens with zero attached hydrogens (tertiary/aromatic N) is 1. The van der Waals surface area contributed by atoms with Gasteiger partial charge in [0.05, 0.1) is 6.07 Å². The number of carbonyl (C=O) groups excluding carboxylic acids is 1. The summed E-state index contributed by atoms with van der Waals surface area (Å²) in [4.78, 5) is 12.1. The first-order chi connectivity index (χ1) is 9.31. The van der Waals surface area contributed by atoms with E-state index >= 15 is 0 Å². The molecule has 4 nitrogen and oxygen atoms in total. The van der Waals surface area contributed by atoms with Crippen molar-refractivity contribution in [3.8, 4) is 6.07 Å². The molecule has 1 aliphatic rings. The van der Waals surface area contributed by atoms with E-state index in [1.807, 2.05) is 30.3 Å². The largest absolute Gasteiger partial charge is 0.381 e. The molecule has 19 heavy (non-hydrogen) atoms. The van der Waals surface area contributed by atoms with Gasteiger partial charge in [0, 0.05) is 19.8 Å². The van der Waals surface area contributed by atoms with Crippen LogP contribution in [0, 0.1) is 17.2 Å². The smallest absolute Gasteiger partial charge is 0.241 e. The number of carbonyl (C=O) groups is 1. The van der Waals surface area contributed by atoms with Gasteiger partial charge in [-0.15, -0.1) is 0 Å². The van der Waals surface area contributed by atoms with Crippen LogP contribution in [-0.2, 0) is 9.53 Å². The maximum absolute atomic E-state index is 12.1. The molecule has 1 unspecified atom stereocenters. The molecule has 1 aliphatic heterocycles. The average Bonchev–Trinajstić information content (AvgIpc) is 2.48. The number of hydrogen-bond donors (Lipinski definition) is 1. The number of hydrogen-bond acceptors (Lipinski definition) is 3. The lowest BCUT2D eigenvalue weighted by molar-refractivity contribution is -0.121. The molecular weight excluding hydrogens is 240 g/mol. The molecule has 1 amide bonds. The molecule has 0 aliphatic carbocycles. The molecular formula is C15H18N2O2. The molecule has 0 radical (unpaired) electrons. The van der Waals surface area contributed by atoms with Gasteiger partial charge >= 0.3 is 0 Å². The molecule has 1 saturated heterocycles. The summed E-state index contributed by atoms with van der Waals surface area (Å²) in [5.41, 5.74) is 0.745. The third-order valence-electron chi connectivity index (χ3n) is 3.43. The number of nitrogens with one attached hydrogen (secondary N) is 1. The molecule has 1 N–H and O–H groups in total. The van der Waals surface area contributed by atoms with Crippen LogP contribution in [0.25, 0.3) is 0 Å². The Kier molecular flexibility index (Phi) is 4.93. The van der Waals surface area contributed by atoms with Gasteiger partial charge in [-0.1, -0.05) is 30.3 Å². The summed E-state index contributed by atoms with van der Waals surface area (Å²) in [5, 5.41) is 12.0. The normalized spacial score (nSPS) is 17.4. The Balaban J connectivity index is 1.89. The summed E-state index contributed by atoms with van der Waals surface area (Å²) in [6, 6.07) is 11.2. The standard InChI is InChI=1S/C15H18N2O2/c16-10-14(13-4-2-1-3-5-13)15(18)17-11-12-6-8-19-9-7-12/h1-5,12,14H,6-9,11H2,(H,17,18). The highest BCUT2D eigenvalue weighted by Gasteiger charge is 2.21. The summed E-state index contributed by atoms with van der Waals surface area (Å²) in [5.74, 6) is -0.464. The Labute approximate surface area is 113 Å². The van der Waals surface area contributed by atoms with Gasteiger partial charge in [-0.3, -0.25) is 4.79 Å². The minimum Gasteiger partial charge on any atom is -0.381 e. The number of nitriles is 1. The van der Waals surface area contributed by atoms with Gasteiger partial charge in [0.1, 0.15) is 5.92 Å². The van der Waals surface area contributed by atoms with Crippen molar-refractivity contribution >= 4 is 5.91 Å². The molecule has 0 spiro atoms. The number of benzene rings is 1. The minimum atomic E-state index is -0.721. The van der Waals surface area contributed by atoms with Crippen molar-refractivity contribution in [1.29, 1.82) is 5.26 Å². The first-order valence-electron chi connectivity index (χ1n) is 6.61. The van der Waals surface area contributed by atoms with E-state index in [2.05, 4.69) is 11.4 Å². The van der Waals surface area contributed by atoms with Crippen LogP contribution in [0.15, 0.2) is 30.3 Å². The molecule has 0 saturated carbocycles. The Morgan fingerprint density at radius 2 is 2.05 bits per heavy atom. The van der Waals surface area contributed by atoms with E-state index in [1.165, 1.54) is 0 Å². The first-order valence-corrected chi connectivity index (χ1v) is 6.61. The predicted molar refractivity (Wildman–Crippen MR) is 71.3 cm³/mol. The lowest BCUT2D eigenvalue weighted by atomic mass is 9.98. The Bertz CT molecular complexity index is 447. The molecule has 0 bridgehead atoms. The summed E-state index contributed by atoms with van der Waals surface area (Å²) < 4.78 is 5.28. The van der Waals surface area contributed by atoms with Crippen LogP contribution in [0.5, 0.6) is 0 Å². The van der Waals surface area contributed by atoms with Crippen molar-refractivity contribution < 1.29 is 9.53 Å². The number of rotatable bonds is 4. The second-order valence-electron chi connectivity index (χ2n) is 4.77. The van der Waals surface area contributed by atoms with Gasteiger partial charge in [-0.25, -0.2) is 0 Å². The van der Waals surface area contributed by atoms with Crippen LogP contribution >= 0.6 is 0 Å². The topological polar surface area (TPSA) is 62.1 Å². The van der Waals surface area contributed by atoms with Crippen LogP contribution in [0.2, 0.25) is 0 Å². The van der Waals surface area contributed by atoms with Crippen LogP contribution in [0.3, 0.4) is 0 Å². The van der Waals surface area contributed by atoms with Crippen LogP contribution in [-0.4, -0.2) is 25.7 Å². The number of ether oxygens (including phenoxy) is 1. The van der Waals surface area contributed by atoms with Crippen molar-refractivity contribution in [1.82, 2.24) is 5.32 Å². The van der Waals surface area contributed by atoms with E-state index < -0.39 is 5.92 Å². The Morgan fingerprint density at radius 3 is 2.68 bits per heavy atom. The first kappa shape index (κ1) is 13.6. The summed E-state index contributed by atoms with van der Waals surface area (Å²) in [7, 11) is 0. The van der Waals surface area contributed by atoms with Gasteiger partial charge in [-0.2, -0.15) is 5.26 Å². The SMILES string of the molecule is N#CC(C(=O)NCC1CCOCC1)c1ccccc1. The van der Waals surface area contributed by atoms with Crippen molar-refractivity contribution in [2.24, 2.45) is 5.92 Å². The lowest BCUT2D eigenvalue weighted by Crippen LogP contribution is -2.35. The highest BCUT2D eigenvalue weighted by Crippen LogP contribution is 2.16. The molecule has 1 atom stereocenters. The van der Waals surface area contributed by atoms with Crippen molar-refractivity contribution in [3.63, 3.8) is 0 Å². The van der Waals surface area contributed by atoms with Gasteiger partial charge in [0.2, 0.25) is 5.91 Å². The molecule has 4 heteroatoms. The van der Waals surface area contributed by atoms with Crippen molar-refractivity contribution in [2.45, 2.75) is 18.8 Å². The molecule has 100 valence electrons. The van der Waals surface area contributed by atoms with Gasteiger partial charge < -0.3 is 10.1 Å². The minimum absolute atomic E-state index is 0.208. The Hall–Kier alpha value is -1.86. The van der Waals surface area contributed by atoms with Gasteiger partial charge in [0.15, 0.2) is 0 Å². The molecule has 1 fully saturated rings. The summed E-state index contributed by atoms with van der Waals surface area (Å²) in [6.07, 6.45) is 1.95. The lowest BCUT2D eigenvalue weighted by Gasteiger charge is -2.22. The van der Waals surface area contributed by atoms with Crippen LogP contribution < -0.4 is 5.32 Å². The zero-order valence-electron chi connectivity index (χ0n) is 10.8. The molecule has 1 aromatic carbocycles. The van der Waals surface area contributed by atoms with Gasteiger partial charge in [-0.05, 0) is 24.3 Å². The fourth-order valence-corrected chi connectivity index (χ4v) is 2.23. The van der Waals surface area contributed by atoms with E-state index in [0.29, 0.717) is 12.5 Å². The van der Waals surface area contributed by atoms with E-state index in [1.54, 1.807) is 0 Å². The monoisotopic (exact) mass is 258 g/mol. The number of amides is 1. The van der Waals surface area contributed by atoms with E-state index in [9.17, 15) is 4.79 Å². The zero-order valence-corrected chi connectivity index (χ0v) is 10.8. The third-order valence-corrected chi connectivity index (χ3v) is 3.43. The van der Waals surface area contributed by atoms with Crippen molar-refractivity contribution in [3.05, 3.63) is 35.9 Å². The second kappa shape index (κ2) is 6.91. The quantitative estimate of drug-likeness (QED) is 0.896. The van der Waals surface area contributed by atoms with Crippen LogP contribution in [0.4, 0.5) is 0 Å². The van der Waals surface area contributed by atoms with E-state index in [-0.39, 0.29) is 5.91 Å². The zero-order chi connectivity index (χ0) is 13.5. The Morgan fingerprint density at radius 1 is 1.37 bits per heavy atom. The second-order valence-corrected chi connectivity index (χ2v) is 4.77. The maximum atomic E-state index is 12.1. The molecule has 2 rings (SSSR count).